The largest absolute Gasteiger partial charge is 0.261 e. The Bertz CT molecular complexity index is 176. The number of allylic oxidation sites excluding steroid dienone is 1. The minimum atomic E-state index is 0.121. The van der Waals surface area contributed by atoms with Crippen LogP contribution in [0.1, 0.15) is 41.0 Å². The highest BCUT2D eigenvalue weighted by Crippen LogP contribution is 2.22. The molecular formula is C12H23N. The molecule has 0 N–H and O–H groups in total. The van der Waals surface area contributed by atoms with Gasteiger partial charge in [0.1, 0.15) is 0 Å². The summed E-state index contributed by atoms with van der Waals surface area (Å²) in [6.07, 6.45) is 4.42. The van der Waals surface area contributed by atoms with Crippen LogP contribution in [0.3, 0.4) is 0 Å². The first kappa shape index (κ1) is 14.7. The van der Waals surface area contributed by atoms with Gasteiger partial charge in [-0.3, -0.25) is 4.99 Å². The molecule has 0 saturated carbocycles. The molecule has 0 unspecified atom stereocenters. The van der Waals surface area contributed by atoms with Crippen molar-refractivity contribution in [3.05, 3.63) is 25.4 Å². The van der Waals surface area contributed by atoms with E-state index >= 15 is 0 Å². The second kappa shape index (κ2) is 7.78. The summed E-state index contributed by atoms with van der Waals surface area (Å²) >= 11 is 0. The van der Waals surface area contributed by atoms with Gasteiger partial charge in [-0.05, 0) is 12.5 Å². The molecule has 0 amide bonds. The van der Waals surface area contributed by atoms with E-state index < -0.39 is 0 Å². The second-order valence-electron chi connectivity index (χ2n) is 3.14. The van der Waals surface area contributed by atoms with Gasteiger partial charge in [-0.15, -0.1) is 0 Å². The number of nitrogens with zero attached hydrogens (tertiary/aromatic N) is 1. The Balaban J connectivity index is 0. The lowest BCUT2D eigenvalue weighted by Crippen LogP contribution is -2.20. The molecule has 13 heavy (non-hydrogen) atoms. The lowest BCUT2D eigenvalue weighted by molar-refractivity contribution is 0.505. The van der Waals surface area contributed by atoms with Crippen molar-refractivity contribution in [1.29, 1.82) is 0 Å². The zero-order valence-corrected chi connectivity index (χ0v) is 9.72. The first-order valence-corrected chi connectivity index (χ1v) is 4.90. The summed E-state index contributed by atoms with van der Waals surface area (Å²) in [4.78, 5) is 4.15. The molecule has 0 bridgehead atoms. The third-order valence-corrected chi connectivity index (χ3v) is 2.00. The summed E-state index contributed by atoms with van der Waals surface area (Å²) in [5.41, 5.74) is 1.13. The molecule has 0 aliphatic rings. The van der Waals surface area contributed by atoms with Crippen LogP contribution in [0.5, 0.6) is 0 Å². The average molecular weight is 181 g/mol. The van der Waals surface area contributed by atoms with E-state index in [-0.39, 0.29) is 5.41 Å². The van der Waals surface area contributed by atoms with Gasteiger partial charge in [-0.25, -0.2) is 0 Å². The van der Waals surface area contributed by atoms with Gasteiger partial charge < -0.3 is 0 Å². The Kier molecular flexibility index (Phi) is 8.78. The minimum absolute atomic E-state index is 0.121. The van der Waals surface area contributed by atoms with E-state index in [1.54, 1.807) is 12.3 Å². The monoisotopic (exact) mass is 181 g/mol. The van der Waals surface area contributed by atoms with Crippen LogP contribution in [-0.2, 0) is 0 Å². The zero-order valence-electron chi connectivity index (χ0n) is 9.72. The van der Waals surface area contributed by atoms with Crippen molar-refractivity contribution in [2.75, 3.05) is 0 Å². The molecule has 0 aliphatic heterocycles. The predicted octanol–water partition coefficient (Wildman–Crippen LogP) is 4.22. The molecule has 76 valence electrons. The quantitative estimate of drug-likeness (QED) is 0.576. The summed E-state index contributed by atoms with van der Waals surface area (Å²) in [6, 6.07) is 0. The highest BCUT2D eigenvalue weighted by Gasteiger charge is 2.19. The fourth-order valence-electron chi connectivity index (χ4n) is 0.783. The Morgan fingerprint density at radius 1 is 1.31 bits per heavy atom. The molecule has 0 aliphatic carbocycles. The molecule has 0 heterocycles. The van der Waals surface area contributed by atoms with Crippen molar-refractivity contribution in [1.82, 2.24) is 0 Å². The summed E-state index contributed by atoms with van der Waals surface area (Å²) < 4.78 is 0. The highest BCUT2D eigenvalue weighted by atomic mass is 14.7. The van der Waals surface area contributed by atoms with Crippen molar-refractivity contribution in [2.24, 2.45) is 10.4 Å². The van der Waals surface area contributed by atoms with Crippen LogP contribution >= 0.6 is 0 Å². The number of hydrogen-bond donors (Lipinski definition) is 0. The maximum Gasteiger partial charge on any atom is 0.0453 e. The molecular weight excluding hydrogens is 158 g/mol. The smallest absolute Gasteiger partial charge is 0.0453 e. The van der Waals surface area contributed by atoms with E-state index in [1.165, 1.54) is 0 Å². The molecule has 0 aromatic heterocycles. The summed E-state index contributed by atoms with van der Waals surface area (Å²) in [5, 5.41) is 0. The predicted molar refractivity (Wildman–Crippen MR) is 63.2 cm³/mol. The fraction of sp³-hybridized carbons (Fsp3) is 0.583. The van der Waals surface area contributed by atoms with Gasteiger partial charge in [-0.2, -0.15) is 0 Å². The van der Waals surface area contributed by atoms with Gasteiger partial charge in [0, 0.05) is 17.3 Å². The van der Waals surface area contributed by atoms with E-state index in [0.717, 1.165) is 12.1 Å². The van der Waals surface area contributed by atoms with E-state index in [1.807, 2.05) is 13.8 Å². The van der Waals surface area contributed by atoms with Crippen molar-refractivity contribution in [3.63, 3.8) is 0 Å². The maximum absolute atomic E-state index is 4.15. The van der Waals surface area contributed by atoms with Gasteiger partial charge in [0.05, 0.1) is 0 Å². The Morgan fingerprint density at radius 2 is 1.77 bits per heavy atom. The maximum atomic E-state index is 4.15. The van der Waals surface area contributed by atoms with E-state index in [0.29, 0.717) is 0 Å². The van der Waals surface area contributed by atoms with Gasteiger partial charge in [0.2, 0.25) is 0 Å². The Morgan fingerprint density at radius 3 is 2.00 bits per heavy atom. The molecule has 0 saturated heterocycles. The van der Waals surface area contributed by atoms with Crippen molar-refractivity contribution in [3.8, 4) is 0 Å². The van der Waals surface area contributed by atoms with Crippen LogP contribution in [0.15, 0.2) is 30.4 Å². The topological polar surface area (TPSA) is 12.4 Å². The number of aliphatic imine (C=N–C) groups is 1. The SMILES string of the molecule is C=CN=C(C=C)C(C)(C)CC.CC. The van der Waals surface area contributed by atoms with Crippen molar-refractivity contribution < 1.29 is 0 Å². The second-order valence-corrected chi connectivity index (χ2v) is 3.14. The van der Waals surface area contributed by atoms with Gasteiger partial charge in [0.25, 0.3) is 0 Å². The summed E-state index contributed by atoms with van der Waals surface area (Å²) in [5.74, 6) is 0. The van der Waals surface area contributed by atoms with Crippen LogP contribution in [0.4, 0.5) is 0 Å². The van der Waals surface area contributed by atoms with Crippen molar-refractivity contribution >= 4 is 5.71 Å². The highest BCUT2D eigenvalue weighted by molar-refractivity contribution is 5.99. The molecule has 0 atom stereocenters. The average Bonchev–Trinajstić information content (AvgIpc) is 2.17. The summed E-state index contributed by atoms with van der Waals surface area (Å²) in [6.45, 7) is 17.7. The van der Waals surface area contributed by atoms with E-state index in [2.05, 4.69) is 38.9 Å². The molecule has 0 aromatic carbocycles. The van der Waals surface area contributed by atoms with Gasteiger partial charge in [0.15, 0.2) is 0 Å². The van der Waals surface area contributed by atoms with Crippen LogP contribution in [0.2, 0.25) is 0 Å². The standard InChI is InChI=1S/C10H17N.C2H6/c1-6-9(11-8-3)10(4,5)7-2;1-2/h6,8H,1,3,7H2,2,4-5H3;1-2H3. The normalized spacial score (nSPS) is 11.3. The third-order valence-electron chi connectivity index (χ3n) is 2.00. The van der Waals surface area contributed by atoms with Crippen LogP contribution in [0, 0.1) is 5.41 Å². The minimum Gasteiger partial charge on any atom is -0.261 e. The first-order chi connectivity index (χ1) is 6.08. The molecule has 0 aromatic rings. The lowest BCUT2D eigenvalue weighted by atomic mass is 9.84. The van der Waals surface area contributed by atoms with E-state index in [4.69, 9.17) is 0 Å². The number of hydrogen-bond acceptors (Lipinski definition) is 1. The molecule has 1 nitrogen and oxygen atoms in total. The van der Waals surface area contributed by atoms with Crippen LogP contribution in [-0.4, -0.2) is 5.71 Å². The molecule has 1 heteroatoms. The summed E-state index contributed by atoms with van der Waals surface area (Å²) in [7, 11) is 0. The first-order valence-electron chi connectivity index (χ1n) is 4.90. The molecule has 0 rings (SSSR count). The fourth-order valence-corrected chi connectivity index (χ4v) is 0.783. The van der Waals surface area contributed by atoms with Gasteiger partial charge in [-0.1, -0.05) is 47.8 Å². The number of rotatable bonds is 4. The van der Waals surface area contributed by atoms with Gasteiger partial charge >= 0.3 is 0 Å². The van der Waals surface area contributed by atoms with Crippen LogP contribution in [0.25, 0.3) is 0 Å². The van der Waals surface area contributed by atoms with E-state index in [9.17, 15) is 0 Å². The van der Waals surface area contributed by atoms with Crippen molar-refractivity contribution in [2.45, 2.75) is 41.0 Å². The third kappa shape index (κ3) is 5.40. The molecule has 0 spiro atoms. The molecule has 0 radical (unpaired) electrons. The lowest BCUT2D eigenvalue weighted by Gasteiger charge is -2.22. The van der Waals surface area contributed by atoms with Crippen LogP contribution < -0.4 is 0 Å². The zero-order chi connectivity index (χ0) is 10.9. The Hall–Kier alpha value is -0.850. The Labute approximate surface area is 83.3 Å². The molecule has 0 fully saturated rings.